The molecule has 3 heterocycles. The number of halogens is 1. The van der Waals surface area contributed by atoms with E-state index in [9.17, 15) is 0 Å². The summed E-state index contributed by atoms with van der Waals surface area (Å²) in [5.74, 6) is 0.991. The zero-order chi connectivity index (χ0) is 15.8. The predicted molar refractivity (Wildman–Crippen MR) is 98.5 cm³/mol. The molecule has 1 aliphatic rings. The Labute approximate surface area is 144 Å². The van der Waals surface area contributed by atoms with Crippen LogP contribution in [0.2, 0.25) is 5.28 Å². The number of nitrogens with zero attached hydrogens (tertiary/aromatic N) is 3. The Morgan fingerprint density at radius 3 is 2.78 bits per heavy atom. The van der Waals surface area contributed by atoms with Gasteiger partial charge >= 0.3 is 0 Å². The predicted octanol–water partition coefficient (Wildman–Crippen LogP) is 5.39. The molecule has 4 rings (SSSR count). The molecule has 1 saturated heterocycles. The molecule has 3 nitrogen and oxygen atoms in total. The lowest BCUT2D eigenvalue weighted by Crippen LogP contribution is -2.38. The third-order valence-corrected chi connectivity index (χ3v) is 5.73. The second kappa shape index (κ2) is 6.10. The Hall–Kier alpha value is -1.65. The molecule has 5 heteroatoms. The van der Waals surface area contributed by atoms with Crippen molar-refractivity contribution in [2.24, 2.45) is 0 Å². The van der Waals surface area contributed by atoms with Gasteiger partial charge in [-0.15, -0.1) is 11.3 Å². The number of hydrogen-bond donors (Lipinski definition) is 0. The zero-order valence-electron chi connectivity index (χ0n) is 13.0. The molecule has 23 heavy (non-hydrogen) atoms. The minimum atomic E-state index is 0.340. The van der Waals surface area contributed by atoms with Crippen molar-refractivity contribution in [3.63, 3.8) is 0 Å². The first-order valence-corrected chi connectivity index (χ1v) is 9.21. The van der Waals surface area contributed by atoms with Crippen LogP contribution in [0, 0.1) is 0 Å². The smallest absolute Gasteiger partial charge is 0.225 e. The highest BCUT2D eigenvalue weighted by Crippen LogP contribution is 2.38. The number of rotatable bonds is 2. The number of anilines is 1. The van der Waals surface area contributed by atoms with Crippen molar-refractivity contribution in [2.45, 2.75) is 32.2 Å². The van der Waals surface area contributed by atoms with Crippen molar-refractivity contribution in [2.75, 3.05) is 11.4 Å². The molecule has 0 saturated carbocycles. The molecule has 118 valence electrons. The molecule has 1 fully saturated rings. The Morgan fingerprint density at radius 1 is 1.17 bits per heavy atom. The minimum absolute atomic E-state index is 0.340. The lowest BCUT2D eigenvalue weighted by molar-refractivity contribution is 0.482. The lowest BCUT2D eigenvalue weighted by atomic mass is 10.0. The molecular weight excluding hydrogens is 326 g/mol. The molecule has 0 aliphatic carbocycles. The summed E-state index contributed by atoms with van der Waals surface area (Å²) in [7, 11) is 0. The summed E-state index contributed by atoms with van der Waals surface area (Å²) in [4.78, 5) is 13.6. The van der Waals surface area contributed by atoms with E-state index in [0.717, 1.165) is 22.6 Å². The fraction of sp³-hybridized carbons (Fsp3) is 0.333. The second-order valence-electron chi connectivity index (χ2n) is 6.05. The van der Waals surface area contributed by atoms with Crippen LogP contribution in [-0.4, -0.2) is 22.6 Å². The maximum absolute atomic E-state index is 6.20. The summed E-state index contributed by atoms with van der Waals surface area (Å²) < 4.78 is 0. The molecule has 0 N–H and O–H groups in total. The van der Waals surface area contributed by atoms with E-state index in [-0.39, 0.29) is 0 Å². The molecule has 1 unspecified atom stereocenters. The van der Waals surface area contributed by atoms with Gasteiger partial charge in [0.25, 0.3) is 0 Å². The van der Waals surface area contributed by atoms with E-state index in [1.54, 1.807) is 11.3 Å². The summed E-state index contributed by atoms with van der Waals surface area (Å²) in [6, 6.07) is 13.1. The van der Waals surface area contributed by atoms with Gasteiger partial charge in [0.05, 0.1) is 5.39 Å². The van der Waals surface area contributed by atoms with E-state index in [2.05, 4.69) is 52.1 Å². The van der Waals surface area contributed by atoms with Gasteiger partial charge in [0.15, 0.2) is 0 Å². The van der Waals surface area contributed by atoms with Crippen molar-refractivity contribution >= 4 is 39.0 Å². The van der Waals surface area contributed by atoms with Gasteiger partial charge in [-0.05, 0) is 49.4 Å². The van der Waals surface area contributed by atoms with Gasteiger partial charge in [0.2, 0.25) is 5.28 Å². The fourth-order valence-corrected chi connectivity index (χ4v) is 4.50. The van der Waals surface area contributed by atoms with Crippen LogP contribution in [0.25, 0.3) is 20.7 Å². The van der Waals surface area contributed by atoms with Gasteiger partial charge in [-0.3, -0.25) is 0 Å². The highest BCUT2D eigenvalue weighted by Gasteiger charge is 2.23. The van der Waals surface area contributed by atoms with E-state index >= 15 is 0 Å². The van der Waals surface area contributed by atoms with Gasteiger partial charge in [-0.1, -0.05) is 30.3 Å². The Kier molecular flexibility index (Phi) is 3.95. The van der Waals surface area contributed by atoms with Crippen LogP contribution in [0.4, 0.5) is 5.82 Å². The number of piperidine rings is 1. The number of benzene rings is 1. The highest BCUT2D eigenvalue weighted by atomic mass is 35.5. The monoisotopic (exact) mass is 343 g/mol. The number of aromatic nitrogens is 2. The second-order valence-corrected chi connectivity index (χ2v) is 7.42. The van der Waals surface area contributed by atoms with E-state index < -0.39 is 0 Å². The van der Waals surface area contributed by atoms with Crippen LogP contribution in [0.15, 0.2) is 36.4 Å². The normalized spacial score (nSPS) is 18.5. The fourth-order valence-electron chi connectivity index (χ4n) is 3.26. The first-order valence-electron chi connectivity index (χ1n) is 8.01. The average Bonchev–Trinajstić information content (AvgIpc) is 2.99. The molecule has 0 spiro atoms. The minimum Gasteiger partial charge on any atom is -0.353 e. The summed E-state index contributed by atoms with van der Waals surface area (Å²) >= 11 is 7.89. The van der Waals surface area contributed by atoms with Crippen LogP contribution in [0.3, 0.4) is 0 Å². The Balaban J connectivity index is 1.86. The molecule has 0 amide bonds. The van der Waals surface area contributed by atoms with E-state index in [0.29, 0.717) is 11.3 Å². The Bertz CT molecular complexity index is 831. The SMILES string of the molecule is CC1CCCCN1c1nc(Cl)nc2sc(-c3ccccc3)cc12. The molecule has 1 aliphatic heterocycles. The van der Waals surface area contributed by atoms with E-state index in [1.807, 2.05) is 6.07 Å². The van der Waals surface area contributed by atoms with Gasteiger partial charge in [0, 0.05) is 17.5 Å². The number of hydrogen-bond acceptors (Lipinski definition) is 4. The average molecular weight is 344 g/mol. The molecule has 0 bridgehead atoms. The molecule has 1 atom stereocenters. The maximum atomic E-state index is 6.20. The van der Waals surface area contributed by atoms with Crippen molar-refractivity contribution in [1.29, 1.82) is 0 Å². The van der Waals surface area contributed by atoms with Crippen LogP contribution < -0.4 is 4.90 Å². The van der Waals surface area contributed by atoms with Gasteiger partial charge in [-0.25, -0.2) is 4.98 Å². The van der Waals surface area contributed by atoms with Crippen molar-refractivity contribution in [1.82, 2.24) is 9.97 Å². The third-order valence-electron chi connectivity index (χ3n) is 4.48. The van der Waals surface area contributed by atoms with Gasteiger partial charge in [0.1, 0.15) is 10.6 Å². The quantitative estimate of drug-likeness (QED) is 0.584. The zero-order valence-corrected chi connectivity index (χ0v) is 14.6. The molecular formula is C18H18ClN3S. The summed E-state index contributed by atoms with van der Waals surface area (Å²) in [5, 5.41) is 1.46. The maximum Gasteiger partial charge on any atom is 0.225 e. The van der Waals surface area contributed by atoms with Crippen LogP contribution in [0.5, 0.6) is 0 Å². The number of fused-ring (bicyclic) bond motifs is 1. The van der Waals surface area contributed by atoms with Crippen LogP contribution >= 0.6 is 22.9 Å². The van der Waals surface area contributed by atoms with Crippen molar-refractivity contribution in [3.05, 3.63) is 41.7 Å². The lowest BCUT2D eigenvalue weighted by Gasteiger charge is -2.34. The molecule has 2 aromatic heterocycles. The van der Waals surface area contributed by atoms with Crippen molar-refractivity contribution < 1.29 is 0 Å². The largest absolute Gasteiger partial charge is 0.353 e. The first kappa shape index (κ1) is 14.9. The van der Waals surface area contributed by atoms with Crippen LogP contribution in [-0.2, 0) is 0 Å². The van der Waals surface area contributed by atoms with Crippen LogP contribution in [0.1, 0.15) is 26.2 Å². The first-order chi connectivity index (χ1) is 11.2. The van der Waals surface area contributed by atoms with Crippen molar-refractivity contribution in [3.8, 4) is 10.4 Å². The standard InChI is InChI=1S/C18H18ClN3S/c1-12-7-5-6-10-22(12)16-14-11-15(13-8-3-2-4-9-13)23-17(14)21-18(19)20-16/h2-4,8-9,11-12H,5-7,10H2,1H3. The van der Waals surface area contributed by atoms with E-state index in [4.69, 9.17) is 11.6 Å². The third kappa shape index (κ3) is 2.81. The summed E-state index contributed by atoms with van der Waals surface area (Å²) in [6.45, 7) is 3.31. The Morgan fingerprint density at radius 2 is 2.00 bits per heavy atom. The summed E-state index contributed by atoms with van der Waals surface area (Å²) in [6.07, 6.45) is 3.71. The highest BCUT2D eigenvalue weighted by molar-refractivity contribution is 7.22. The van der Waals surface area contributed by atoms with E-state index in [1.165, 1.54) is 29.7 Å². The molecule has 3 aromatic rings. The number of thiophene rings is 1. The summed E-state index contributed by atoms with van der Waals surface area (Å²) in [5.41, 5.74) is 1.21. The van der Waals surface area contributed by atoms with Gasteiger partial charge < -0.3 is 4.90 Å². The molecule has 0 radical (unpaired) electrons. The van der Waals surface area contributed by atoms with Gasteiger partial charge in [-0.2, -0.15) is 4.98 Å². The molecule has 1 aromatic carbocycles. The topological polar surface area (TPSA) is 29.0 Å².